The first kappa shape index (κ1) is 17.4. The molecule has 0 amide bonds. The predicted octanol–water partition coefficient (Wildman–Crippen LogP) is 6.14. The molecule has 1 aliphatic rings. The van der Waals surface area contributed by atoms with E-state index in [1.54, 1.807) is 0 Å². The Morgan fingerprint density at radius 3 is 2.64 bits per heavy atom. The number of allylic oxidation sites excluding steroid dienone is 1. The average Bonchev–Trinajstić information content (AvgIpc) is 3.04. The molecular formula is C23H21NS. The molecule has 2 heteroatoms. The molecule has 0 bridgehead atoms. The zero-order chi connectivity index (χ0) is 17.5. The number of nitrogens with zero attached hydrogens (tertiary/aromatic N) is 1. The van der Waals surface area contributed by atoms with Crippen LogP contribution in [0.25, 0.3) is 6.08 Å². The molecule has 1 nitrogen and oxygen atoms in total. The van der Waals surface area contributed by atoms with Gasteiger partial charge in [0.2, 0.25) is 0 Å². The van der Waals surface area contributed by atoms with Gasteiger partial charge in [-0.1, -0.05) is 49.8 Å². The fourth-order valence-corrected chi connectivity index (χ4v) is 3.12. The van der Waals surface area contributed by atoms with Crippen LogP contribution in [0.3, 0.4) is 0 Å². The zero-order valence-corrected chi connectivity index (χ0v) is 15.3. The van der Waals surface area contributed by atoms with Crippen LogP contribution in [0.1, 0.15) is 48.4 Å². The molecule has 0 aromatic heterocycles. The highest BCUT2D eigenvalue weighted by atomic mass is 32.1. The highest BCUT2D eigenvalue weighted by molar-refractivity contribution is 7.78. The molecule has 0 fully saturated rings. The van der Waals surface area contributed by atoms with Gasteiger partial charge in [0.1, 0.15) is 0 Å². The summed E-state index contributed by atoms with van der Waals surface area (Å²) in [5.41, 5.74) is 6.95. The van der Waals surface area contributed by atoms with Crippen LogP contribution in [0.15, 0.2) is 53.0 Å². The van der Waals surface area contributed by atoms with Crippen LogP contribution in [-0.4, -0.2) is 5.16 Å². The highest BCUT2D eigenvalue weighted by Gasteiger charge is 2.11. The van der Waals surface area contributed by atoms with Gasteiger partial charge in [-0.3, -0.25) is 0 Å². The number of thiocarbonyl (C=S) groups is 1. The summed E-state index contributed by atoms with van der Waals surface area (Å²) in [6.45, 7) is 2.24. The first-order valence-corrected chi connectivity index (χ1v) is 9.21. The van der Waals surface area contributed by atoms with Gasteiger partial charge in [0.05, 0.1) is 10.8 Å². The highest BCUT2D eigenvalue weighted by Crippen LogP contribution is 2.28. The number of aryl methyl sites for hydroxylation is 1. The van der Waals surface area contributed by atoms with Crippen molar-refractivity contribution in [2.75, 3.05) is 0 Å². The molecule has 0 saturated carbocycles. The molecule has 1 aliphatic carbocycles. The quantitative estimate of drug-likeness (QED) is 0.275. The largest absolute Gasteiger partial charge is 0.195 e. The van der Waals surface area contributed by atoms with Crippen molar-refractivity contribution in [3.8, 4) is 11.8 Å². The van der Waals surface area contributed by atoms with E-state index in [0.717, 1.165) is 29.7 Å². The van der Waals surface area contributed by atoms with Crippen LogP contribution in [0.2, 0.25) is 0 Å². The normalized spacial score (nSPS) is 11.8. The van der Waals surface area contributed by atoms with Gasteiger partial charge in [0, 0.05) is 17.6 Å². The number of aliphatic imine (C=N–C) groups is 1. The second kappa shape index (κ2) is 8.58. The minimum absolute atomic E-state index is 0.857. The van der Waals surface area contributed by atoms with Crippen LogP contribution in [0, 0.1) is 11.8 Å². The van der Waals surface area contributed by atoms with Gasteiger partial charge in [0.25, 0.3) is 0 Å². The third-order valence-corrected chi connectivity index (χ3v) is 4.49. The number of unbranched alkanes of at least 4 members (excludes halogenated alkanes) is 2. The minimum atomic E-state index is 0.857. The zero-order valence-electron chi connectivity index (χ0n) is 14.5. The maximum Gasteiger partial charge on any atom is 0.0742 e. The fraction of sp³-hybridized carbons (Fsp3) is 0.261. The molecule has 0 atom stereocenters. The molecule has 3 rings (SSSR count). The molecule has 0 saturated heterocycles. The first-order valence-electron chi connectivity index (χ1n) is 8.81. The van der Waals surface area contributed by atoms with E-state index in [0.29, 0.717) is 0 Å². The number of benzene rings is 2. The van der Waals surface area contributed by atoms with Gasteiger partial charge in [-0.2, -0.15) is 4.99 Å². The van der Waals surface area contributed by atoms with Crippen LogP contribution in [0.4, 0.5) is 5.69 Å². The van der Waals surface area contributed by atoms with Crippen LogP contribution in [-0.2, 0) is 12.8 Å². The van der Waals surface area contributed by atoms with Gasteiger partial charge < -0.3 is 0 Å². The summed E-state index contributed by atoms with van der Waals surface area (Å²) >= 11 is 4.67. The smallest absolute Gasteiger partial charge is 0.0742 e. The standard InChI is InChI=1S/C23H21NS/c1-2-3-4-5-18-6-8-19(9-7-18)10-11-20-14-21-12-13-23(24-17-25)16-22(21)15-20/h6-9,12-14,16H,2-5,15H2,1H3. The van der Waals surface area contributed by atoms with Crippen LogP contribution < -0.4 is 0 Å². The molecule has 25 heavy (non-hydrogen) atoms. The summed E-state index contributed by atoms with van der Waals surface area (Å²) in [5.74, 6) is 6.60. The summed E-state index contributed by atoms with van der Waals surface area (Å²) in [4.78, 5) is 4.04. The topological polar surface area (TPSA) is 12.4 Å². The van der Waals surface area contributed by atoms with E-state index in [9.17, 15) is 0 Å². The van der Waals surface area contributed by atoms with Gasteiger partial charge in [-0.25, -0.2) is 0 Å². The van der Waals surface area contributed by atoms with E-state index in [1.807, 2.05) is 6.07 Å². The van der Waals surface area contributed by atoms with E-state index >= 15 is 0 Å². The Morgan fingerprint density at radius 2 is 1.88 bits per heavy atom. The van der Waals surface area contributed by atoms with Crippen molar-refractivity contribution in [1.82, 2.24) is 0 Å². The van der Waals surface area contributed by atoms with Crippen molar-refractivity contribution in [3.05, 3.63) is 70.3 Å². The van der Waals surface area contributed by atoms with E-state index in [4.69, 9.17) is 0 Å². The number of hydrogen-bond donors (Lipinski definition) is 0. The Bertz CT molecular complexity index is 888. The molecule has 0 aliphatic heterocycles. The first-order chi connectivity index (χ1) is 12.3. The molecule has 2 aromatic carbocycles. The van der Waals surface area contributed by atoms with Crippen LogP contribution in [0.5, 0.6) is 0 Å². The van der Waals surface area contributed by atoms with E-state index in [1.165, 1.54) is 36.0 Å². The molecule has 0 unspecified atom stereocenters. The van der Waals surface area contributed by atoms with Crippen molar-refractivity contribution in [3.63, 3.8) is 0 Å². The summed E-state index contributed by atoms with van der Waals surface area (Å²) < 4.78 is 0. The fourth-order valence-electron chi connectivity index (χ4n) is 3.02. The lowest BCUT2D eigenvalue weighted by Crippen LogP contribution is -1.86. The van der Waals surface area contributed by atoms with E-state index in [-0.39, 0.29) is 0 Å². The lowest BCUT2D eigenvalue weighted by Gasteiger charge is -2.00. The maximum atomic E-state index is 4.67. The molecule has 0 radical (unpaired) electrons. The molecule has 2 aromatic rings. The summed E-state index contributed by atoms with van der Waals surface area (Å²) in [5, 5.41) is 2.42. The molecule has 0 N–H and O–H groups in total. The van der Waals surface area contributed by atoms with Crippen molar-refractivity contribution >= 4 is 29.1 Å². The third kappa shape index (κ3) is 4.77. The second-order valence-electron chi connectivity index (χ2n) is 6.34. The monoisotopic (exact) mass is 343 g/mol. The van der Waals surface area contributed by atoms with Gasteiger partial charge in [0.15, 0.2) is 0 Å². The maximum absolute atomic E-state index is 4.67. The third-order valence-electron chi connectivity index (χ3n) is 4.40. The van der Waals surface area contributed by atoms with Gasteiger partial charge >= 0.3 is 0 Å². The molecular weight excluding hydrogens is 322 g/mol. The van der Waals surface area contributed by atoms with Gasteiger partial charge in [-0.05, 0) is 72.1 Å². The summed E-state index contributed by atoms with van der Waals surface area (Å²) in [6.07, 6.45) is 8.01. The van der Waals surface area contributed by atoms with Gasteiger partial charge in [-0.15, -0.1) is 0 Å². The number of hydrogen-bond acceptors (Lipinski definition) is 2. The number of isothiocyanates is 1. The Labute approximate surface area is 155 Å². The molecule has 0 spiro atoms. The lowest BCUT2D eigenvalue weighted by atomic mass is 10.1. The van der Waals surface area contributed by atoms with E-state index in [2.05, 4.69) is 83.6 Å². The van der Waals surface area contributed by atoms with Crippen LogP contribution >= 0.6 is 12.2 Å². The Morgan fingerprint density at radius 1 is 1.04 bits per heavy atom. The van der Waals surface area contributed by atoms with Crippen molar-refractivity contribution in [1.29, 1.82) is 0 Å². The van der Waals surface area contributed by atoms with E-state index < -0.39 is 0 Å². The summed E-state index contributed by atoms with van der Waals surface area (Å²) in [6, 6.07) is 14.8. The number of fused-ring (bicyclic) bond motifs is 1. The van der Waals surface area contributed by atoms with Crippen molar-refractivity contribution < 1.29 is 0 Å². The van der Waals surface area contributed by atoms with Crippen molar-refractivity contribution in [2.45, 2.75) is 39.0 Å². The Hall–Kier alpha value is -2.46. The minimum Gasteiger partial charge on any atom is -0.195 e. The summed E-state index contributed by atoms with van der Waals surface area (Å²) in [7, 11) is 0. The average molecular weight is 343 g/mol. The SMILES string of the molecule is CCCCCc1ccc(C#CC2=Cc3ccc(N=C=S)cc3C2)cc1. The lowest BCUT2D eigenvalue weighted by molar-refractivity contribution is 0.717. The molecule has 0 heterocycles. The molecule has 124 valence electrons. The Kier molecular flexibility index (Phi) is 5.96. The van der Waals surface area contributed by atoms with Crippen molar-refractivity contribution in [2.24, 2.45) is 4.99 Å². The Balaban J connectivity index is 1.65. The second-order valence-corrected chi connectivity index (χ2v) is 6.52. The predicted molar refractivity (Wildman–Crippen MR) is 109 cm³/mol. The number of rotatable bonds is 5.